The lowest BCUT2D eigenvalue weighted by atomic mass is 10.2. The molecule has 0 bridgehead atoms. The van der Waals surface area contributed by atoms with E-state index in [4.69, 9.17) is 4.74 Å². The number of methoxy groups -OCH3 is 1. The van der Waals surface area contributed by atoms with Crippen LogP contribution in [-0.2, 0) is 14.8 Å². The number of benzene rings is 2. The Balaban J connectivity index is 1.96. The van der Waals surface area contributed by atoms with Crippen LogP contribution < -0.4 is 10.0 Å². The zero-order valence-corrected chi connectivity index (χ0v) is 18.3. The molecule has 0 fully saturated rings. The number of nitrogens with one attached hydrogen (secondary N) is 2. The maximum Gasteiger partial charge on any atom is 0.263 e. The smallest absolute Gasteiger partial charge is 0.263 e. The Kier molecular flexibility index (Phi) is 6.59. The lowest BCUT2D eigenvalue weighted by Gasteiger charge is -2.10. The summed E-state index contributed by atoms with van der Waals surface area (Å²) in [6.07, 6.45) is 0. The predicted molar refractivity (Wildman–Crippen MR) is 120 cm³/mol. The molecule has 30 heavy (non-hydrogen) atoms. The molecular formula is C22H22N2O4S2. The lowest BCUT2D eigenvalue weighted by molar-refractivity contribution is 0.0955. The fourth-order valence-corrected chi connectivity index (χ4v) is 4.80. The molecule has 0 aliphatic rings. The maximum atomic E-state index is 12.9. The van der Waals surface area contributed by atoms with Crippen molar-refractivity contribution in [1.29, 1.82) is 0 Å². The highest BCUT2D eigenvalue weighted by molar-refractivity contribution is 7.92. The number of anilines is 1. The molecule has 2 aromatic carbocycles. The zero-order chi connectivity index (χ0) is 21.7. The molecule has 156 valence electrons. The fraction of sp³-hybridized carbons (Fsp3) is 0.136. The van der Waals surface area contributed by atoms with E-state index in [0.29, 0.717) is 5.76 Å². The Morgan fingerprint density at radius 1 is 1.10 bits per heavy atom. The number of hydrogen-bond acceptors (Lipinski definition) is 5. The molecule has 3 rings (SSSR count). The summed E-state index contributed by atoms with van der Waals surface area (Å²) < 4.78 is 33.3. The van der Waals surface area contributed by atoms with Gasteiger partial charge in [0.15, 0.2) is 0 Å². The van der Waals surface area contributed by atoms with Crippen LogP contribution in [0.5, 0.6) is 0 Å². The number of amides is 1. The first-order chi connectivity index (χ1) is 14.3. The van der Waals surface area contributed by atoms with Gasteiger partial charge in [0.1, 0.15) is 10.6 Å². The highest BCUT2D eigenvalue weighted by Gasteiger charge is 2.22. The fourth-order valence-electron chi connectivity index (χ4n) is 2.63. The highest BCUT2D eigenvalue weighted by Crippen LogP contribution is 2.36. The molecule has 0 spiro atoms. The topological polar surface area (TPSA) is 84.5 Å². The zero-order valence-electron chi connectivity index (χ0n) is 16.6. The standard InChI is InChI=1S/C22H22N2O4S2/c1-15-9-11-18(12-10-15)30(26,27)24-19-13-20(17-7-5-4-6-8-17)29-21(19)22(25)23-14-16(2)28-3/h4-13,24H,2,14H2,1,3H3,(H,23,25). The van der Waals surface area contributed by atoms with Crippen LogP contribution in [0.25, 0.3) is 10.4 Å². The Hall–Kier alpha value is -3.10. The van der Waals surface area contributed by atoms with Crippen LogP contribution in [0.1, 0.15) is 15.2 Å². The number of carbonyl (C=O) groups excluding carboxylic acids is 1. The molecule has 0 unspecified atom stereocenters. The maximum absolute atomic E-state index is 12.9. The van der Waals surface area contributed by atoms with Crippen LogP contribution in [0.2, 0.25) is 0 Å². The van der Waals surface area contributed by atoms with E-state index in [0.717, 1.165) is 16.0 Å². The number of sulfonamides is 1. The van der Waals surface area contributed by atoms with Gasteiger partial charge in [-0.25, -0.2) is 8.42 Å². The van der Waals surface area contributed by atoms with Gasteiger partial charge in [-0.15, -0.1) is 11.3 Å². The Morgan fingerprint density at radius 3 is 2.40 bits per heavy atom. The van der Waals surface area contributed by atoms with Crippen molar-refractivity contribution in [2.45, 2.75) is 11.8 Å². The van der Waals surface area contributed by atoms with Gasteiger partial charge in [0.25, 0.3) is 15.9 Å². The third-order valence-corrected chi connectivity index (χ3v) is 6.87. The second-order valence-corrected chi connectivity index (χ2v) is 9.30. The third kappa shape index (κ3) is 5.08. The van der Waals surface area contributed by atoms with Crippen molar-refractivity contribution < 1.29 is 17.9 Å². The summed E-state index contributed by atoms with van der Waals surface area (Å²) in [5.74, 6) is -0.0213. The van der Waals surface area contributed by atoms with Crippen LogP contribution in [0, 0.1) is 6.92 Å². The molecule has 1 amide bonds. The summed E-state index contributed by atoms with van der Waals surface area (Å²) >= 11 is 1.21. The first kappa shape index (κ1) is 21.6. The minimum atomic E-state index is -3.86. The molecule has 0 saturated heterocycles. The third-order valence-electron chi connectivity index (χ3n) is 4.31. The van der Waals surface area contributed by atoms with E-state index in [1.54, 1.807) is 18.2 Å². The molecule has 0 saturated carbocycles. The average Bonchev–Trinajstić information content (AvgIpc) is 3.15. The van der Waals surface area contributed by atoms with Gasteiger partial charge in [-0.2, -0.15) is 0 Å². The number of rotatable bonds is 8. The van der Waals surface area contributed by atoms with Gasteiger partial charge in [0, 0.05) is 4.88 Å². The van der Waals surface area contributed by atoms with Gasteiger partial charge in [0.05, 0.1) is 24.2 Å². The van der Waals surface area contributed by atoms with Crippen LogP contribution in [0.3, 0.4) is 0 Å². The van der Waals surface area contributed by atoms with Crippen molar-refractivity contribution in [3.05, 3.63) is 83.4 Å². The van der Waals surface area contributed by atoms with Gasteiger partial charge in [0.2, 0.25) is 0 Å². The van der Waals surface area contributed by atoms with Gasteiger partial charge in [-0.1, -0.05) is 54.6 Å². The lowest BCUT2D eigenvalue weighted by Crippen LogP contribution is -2.26. The van der Waals surface area contributed by atoms with E-state index < -0.39 is 15.9 Å². The summed E-state index contributed by atoms with van der Waals surface area (Å²) in [5.41, 5.74) is 2.06. The van der Waals surface area contributed by atoms with Crippen molar-refractivity contribution in [2.24, 2.45) is 0 Å². The minimum absolute atomic E-state index is 0.123. The molecule has 8 heteroatoms. The van der Waals surface area contributed by atoms with E-state index in [1.165, 1.54) is 30.6 Å². The van der Waals surface area contributed by atoms with E-state index in [-0.39, 0.29) is 22.0 Å². The van der Waals surface area contributed by atoms with Crippen LogP contribution >= 0.6 is 11.3 Å². The number of carbonyl (C=O) groups is 1. The number of hydrogen-bond donors (Lipinski definition) is 2. The summed E-state index contributed by atoms with van der Waals surface area (Å²) in [5, 5.41) is 2.70. The van der Waals surface area contributed by atoms with Crippen molar-refractivity contribution in [2.75, 3.05) is 18.4 Å². The van der Waals surface area contributed by atoms with E-state index in [9.17, 15) is 13.2 Å². The monoisotopic (exact) mass is 442 g/mol. The van der Waals surface area contributed by atoms with Gasteiger partial charge < -0.3 is 10.1 Å². The molecule has 3 aromatic rings. The molecule has 6 nitrogen and oxygen atoms in total. The normalized spacial score (nSPS) is 11.0. The highest BCUT2D eigenvalue weighted by atomic mass is 32.2. The molecule has 1 aromatic heterocycles. The van der Waals surface area contributed by atoms with Gasteiger partial charge in [-0.3, -0.25) is 9.52 Å². The summed E-state index contributed by atoms with van der Waals surface area (Å²) in [7, 11) is -2.39. The number of ether oxygens (including phenoxy) is 1. The quantitative estimate of drug-likeness (QED) is 0.506. The molecule has 0 atom stereocenters. The summed E-state index contributed by atoms with van der Waals surface area (Å²) in [4.78, 5) is 13.9. The number of thiophene rings is 1. The molecular weight excluding hydrogens is 420 g/mol. The molecule has 0 aliphatic heterocycles. The second kappa shape index (κ2) is 9.15. The van der Waals surface area contributed by atoms with Crippen molar-refractivity contribution in [3.63, 3.8) is 0 Å². The number of aryl methyl sites for hydroxylation is 1. The Labute approximate surface area is 180 Å². The van der Waals surface area contributed by atoms with Crippen molar-refractivity contribution in [1.82, 2.24) is 5.32 Å². The molecule has 0 aliphatic carbocycles. The minimum Gasteiger partial charge on any atom is -0.500 e. The van der Waals surface area contributed by atoms with Crippen molar-refractivity contribution in [3.8, 4) is 10.4 Å². The van der Waals surface area contributed by atoms with Crippen LogP contribution in [0.15, 0.2) is 77.9 Å². The first-order valence-corrected chi connectivity index (χ1v) is 11.4. The summed E-state index contributed by atoms with van der Waals surface area (Å²) in [6.45, 7) is 5.68. The first-order valence-electron chi connectivity index (χ1n) is 9.09. The predicted octanol–water partition coefficient (Wildman–Crippen LogP) is 4.41. The Bertz CT molecular complexity index is 1150. The van der Waals surface area contributed by atoms with E-state index in [2.05, 4.69) is 16.6 Å². The van der Waals surface area contributed by atoms with E-state index >= 15 is 0 Å². The second-order valence-electron chi connectivity index (χ2n) is 6.56. The Morgan fingerprint density at radius 2 is 1.77 bits per heavy atom. The molecule has 1 heterocycles. The van der Waals surface area contributed by atoms with Crippen LogP contribution in [-0.4, -0.2) is 28.0 Å². The summed E-state index contributed by atoms with van der Waals surface area (Å²) in [6, 6.07) is 17.6. The SMILES string of the molecule is C=C(CNC(=O)c1sc(-c2ccccc2)cc1NS(=O)(=O)c1ccc(C)cc1)OC. The average molecular weight is 443 g/mol. The van der Waals surface area contributed by atoms with E-state index in [1.807, 2.05) is 37.3 Å². The van der Waals surface area contributed by atoms with Crippen LogP contribution in [0.4, 0.5) is 5.69 Å². The molecule has 0 radical (unpaired) electrons. The van der Waals surface area contributed by atoms with Crippen molar-refractivity contribution >= 4 is 33.0 Å². The molecule has 2 N–H and O–H groups in total. The largest absolute Gasteiger partial charge is 0.500 e. The van der Waals surface area contributed by atoms with Gasteiger partial charge in [-0.05, 0) is 30.7 Å². The van der Waals surface area contributed by atoms with Gasteiger partial charge >= 0.3 is 0 Å².